The molecule has 3 heteroatoms. The van der Waals surface area contributed by atoms with Crippen molar-refractivity contribution in [1.29, 1.82) is 0 Å². The summed E-state index contributed by atoms with van der Waals surface area (Å²) in [7, 11) is 0. The first kappa shape index (κ1) is 11.7. The molecule has 1 N–H and O–H groups in total. The Hall–Kier alpha value is -1.77. The summed E-state index contributed by atoms with van der Waals surface area (Å²) in [6.07, 6.45) is 0. The predicted octanol–water partition coefficient (Wildman–Crippen LogP) is 3.55. The SMILES string of the molecule is Cc1ccc(C)n1NC(C)c1ccc(F)cc1. The van der Waals surface area contributed by atoms with E-state index < -0.39 is 0 Å². The van der Waals surface area contributed by atoms with Crippen molar-refractivity contribution < 1.29 is 4.39 Å². The standard InChI is InChI=1S/C14H17FN2/c1-10-4-5-11(2)17(10)16-12(3)13-6-8-14(15)9-7-13/h4-9,12,16H,1-3H3. The first-order chi connectivity index (χ1) is 8.08. The molecule has 0 aliphatic carbocycles. The maximum Gasteiger partial charge on any atom is 0.123 e. The molecule has 0 spiro atoms. The lowest BCUT2D eigenvalue weighted by Gasteiger charge is -2.19. The molecule has 2 rings (SSSR count). The van der Waals surface area contributed by atoms with Gasteiger partial charge in [0.1, 0.15) is 5.82 Å². The van der Waals surface area contributed by atoms with Crippen LogP contribution in [0.3, 0.4) is 0 Å². The summed E-state index contributed by atoms with van der Waals surface area (Å²) in [5.41, 5.74) is 6.78. The van der Waals surface area contributed by atoms with Crippen molar-refractivity contribution in [2.45, 2.75) is 26.8 Å². The summed E-state index contributed by atoms with van der Waals surface area (Å²) in [6, 6.07) is 10.9. The monoisotopic (exact) mass is 232 g/mol. The largest absolute Gasteiger partial charge is 0.319 e. The number of halogens is 1. The van der Waals surface area contributed by atoms with E-state index in [1.165, 1.54) is 12.1 Å². The van der Waals surface area contributed by atoms with Crippen LogP contribution in [0.4, 0.5) is 4.39 Å². The number of nitrogens with one attached hydrogen (secondary N) is 1. The first-order valence-corrected chi connectivity index (χ1v) is 5.75. The number of hydrogen-bond acceptors (Lipinski definition) is 1. The third-order valence-electron chi connectivity index (χ3n) is 2.96. The predicted molar refractivity (Wildman–Crippen MR) is 68.1 cm³/mol. The van der Waals surface area contributed by atoms with Crippen molar-refractivity contribution in [2.75, 3.05) is 5.43 Å². The van der Waals surface area contributed by atoms with Crippen LogP contribution in [0.15, 0.2) is 36.4 Å². The van der Waals surface area contributed by atoms with E-state index in [2.05, 4.69) is 38.3 Å². The molecule has 90 valence electrons. The zero-order chi connectivity index (χ0) is 12.4. The zero-order valence-corrected chi connectivity index (χ0v) is 10.4. The second-order valence-corrected chi connectivity index (χ2v) is 4.35. The van der Waals surface area contributed by atoms with E-state index in [0.717, 1.165) is 17.0 Å². The van der Waals surface area contributed by atoms with Crippen molar-refractivity contribution in [3.05, 3.63) is 59.2 Å². The van der Waals surface area contributed by atoms with Crippen molar-refractivity contribution in [2.24, 2.45) is 0 Å². The number of aryl methyl sites for hydroxylation is 2. The molecule has 2 aromatic rings. The van der Waals surface area contributed by atoms with Gasteiger partial charge in [0.15, 0.2) is 0 Å². The summed E-state index contributed by atoms with van der Waals surface area (Å²) in [6.45, 7) is 6.17. The Morgan fingerprint density at radius 2 is 1.53 bits per heavy atom. The van der Waals surface area contributed by atoms with Gasteiger partial charge in [-0.25, -0.2) is 4.39 Å². The van der Waals surface area contributed by atoms with Gasteiger partial charge in [-0.05, 0) is 50.6 Å². The average molecular weight is 232 g/mol. The lowest BCUT2D eigenvalue weighted by molar-refractivity contribution is 0.624. The molecule has 2 nitrogen and oxygen atoms in total. The third-order valence-corrected chi connectivity index (χ3v) is 2.96. The highest BCUT2D eigenvalue weighted by Gasteiger charge is 2.07. The van der Waals surface area contributed by atoms with Crippen LogP contribution in [0.2, 0.25) is 0 Å². The molecule has 1 atom stereocenters. The van der Waals surface area contributed by atoms with Crippen LogP contribution in [0.5, 0.6) is 0 Å². The van der Waals surface area contributed by atoms with E-state index in [4.69, 9.17) is 0 Å². The molecule has 0 saturated carbocycles. The minimum Gasteiger partial charge on any atom is -0.319 e. The summed E-state index contributed by atoms with van der Waals surface area (Å²) in [4.78, 5) is 0. The van der Waals surface area contributed by atoms with Gasteiger partial charge in [-0.3, -0.25) is 4.68 Å². The normalized spacial score (nSPS) is 12.5. The van der Waals surface area contributed by atoms with Crippen LogP contribution in [0.25, 0.3) is 0 Å². The molecule has 17 heavy (non-hydrogen) atoms. The molecular formula is C14H17FN2. The zero-order valence-electron chi connectivity index (χ0n) is 10.4. The van der Waals surface area contributed by atoms with Crippen LogP contribution in [-0.4, -0.2) is 4.68 Å². The molecule has 1 aromatic carbocycles. The fourth-order valence-corrected chi connectivity index (χ4v) is 1.89. The lowest BCUT2D eigenvalue weighted by atomic mass is 10.1. The Morgan fingerprint density at radius 1 is 1.00 bits per heavy atom. The van der Waals surface area contributed by atoms with Crippen LogP contribution < -0.4 is 5.43 Å². The minimum atomic E-state index is -0.200. The lowest BCUT2D eigenvalue weighted by Crippen LogP contribution is -2.20. The van der Waals surface area contributed by atoms with E-state index in [9.17, 15) is 4.39 Å². The van der Waals surface area contributed by atoms with Crippen molar-refractivity contribution in [1.82, 2.24) is 4.68 Å². The third kappa shape index (κ3) is 2.49. The summed E-state index contributed by atoms with van der Waals surface area (Å²) in [5.74, 6) is -0.200. The number of hydrogen-bond donors (Lipinski definition) is 1. The highest BCUT2D eigenvalue weighted by Crippen LogP contribution is 2.16. The molecule has 1 unspecified atom stereocenters. The van der Waals surface area contributed by atoms with E-state index in [-0.39, 0.29) is 11.9 Å². The van der Waals surface area contributed by atoms with Gasteiger partial charge in [0, 0.05) is 11.4 Å². The molecule has 1 heterocycles. The molecule has 0 saturated heterocycles. The minimum absolute atomic E-state index is 0.139. The van der Waals surface area contributed by atoms with Crippen LogP contribution in [0, 0.1) is 19.7 Å². The van der Waals surface area contributed by atoms with E-state index >= 15 is 0 Å². The maximum absolute atomic E-state index is 12.8. The van der Waals surface area contributed by atoms with Crippen molar-refractivity contribution in [3.63, 3.8) is 0 Å². The van der Waals surface area contributed by atoms with Crippen LogP contribution >= 0.6 is 0 Å². The highest BCUT2D eigenvalue weighted by atomic mass is 19.1. The van der Waals surface area contributed by atoms with Gasteiger partial charge in [0.2, 0.25) is 0 Å². The van der Waals surface area contributed by atoms with Crippen LogP contribution in [-0.2, 0) is 0 Å². The maximum atomic E-state index is 12.8. The van der Waals surface area contributed by atoms with Gasteiger partial charge in [0.25, 0.3) is 0 Å². The Bertz CT molecular complexity index is 480. The molecule has 0 aliphatic rings. The second-order valence-electron chi connectivity index (χ2n) is 4.35. The van der Waals surface area contributed by atoms with Gasteiger partial charge in [-0.15, -0.1) is 0 Å². The Morgan fingerprint density at radius 3 is 2.06 bits per heavy atom. The van der Waals surface area contributed by atoms with Crippen molar-refractivity contribution >= 4 is 0 Å². The van der Waals surface area contributed by atoms with E-state index in [0.29, 0.717) is 0 Å². The highest BCUT2D eigenvalue weighted by molar-refractivity contribution is 5.23. The Labute approximate surface area is 101 Å². The van der Waals surface area contributed by atoms with Crippen molar-refractivity contribution in [3.8, 4) is 0 Å². The van der Waals surface area contributed by atoms with E-state index in [1.807, 2.05) is 4.68 Å². The second kappa shape index (κ2) is 4.62. The summed E-state index contributed by atoms with van der Waals surface area (Å²) >= 11 is 0. The molecule has 0 bridgehead atoms. The number of rotatable bonds is 3. The quantitative estimate of drug-likeness (QED) is 0.856. The number of nitrogens with zero attached hydrogens (tertiary/aromatic N) is 1. The van der Waals surface area contributed by atoms with E-state index in [1.54, 1.807) is 12.1 Å². The molecule has 0 amide bonds. The molecule has 0 aliphatic heterocycles. The van der Waals surface area contributed by atoms with Gasteiger partial charge in [-0.2, -0.15) is 0 Å². The first-order valence-electron chi connectivity index (χ1n) is 5.75. The van der Waals surface area contributed by atoms with Gasteiger partial charge in [-0.1, -0.05) is 12.1 Å². The fraction of sp³-hybridized carbons (Fsp3) is 0.286. The number of benzene rings is 1. The van der Waals surface area contributed by atoms with Gasteiger partial charge < -0.3 is 5.43 Å². The Balaban J connectivity index is 2.17. The Kier molecular flexibility index (Phi) is 3.18. The molecule has 0 fully saturated rings. The molecule has 1 aromatic heterocycles. The fourth-order valence-electron chi connectivity index (χ4n) is 1.89. The van der Waals surface area contributed by atoms with Crippen LogP contribution in [0.1, 0.15) is 29.9 Å². The molecular weight excluding hydrogens is 215 g/mol. The summed E-state index contributed by atoms with van der Waals surface area (Å²) in [5, 5.41) is 0. The van der Waals surface area contributed by atoms with Gasteiger partial charge in [0.05, 0.1) is 6.04 Å². The summed E-state index contributed by atoms with van der Waals surface area (Å²) < 4.78 is 14.9. The molecule has 0 radical (unpaired) electrons. The van der Waals surface area contributed by atoms with Gasteiger partial charge >= 0.3 is 0 Å². The average Bonchev–Trinajstić information content (AvgIpc) is 2.61. The number of aromatic nitrogens is 1. The topological polar surface area (TPSA) is 17.0 Å². The smallest absolute Gasteiger partial charge is 0.123 e.